The summed E-state index contributed by atoms with van der Waals surface area (Å²) in [5.74, 6) is -0.319. The van der Waals surface area contributed by atoms with Gasteiger partial charge in [0.25, 0.3) is 0 Å². The fourth-order valence-electron chi connectivity index (χ4n) is 3.28. The quantitative estimate of drug-likeness (QED) is 0.807. The van der Waals surface area contributed by atoms with Crippen LogP contribution in [-0.4, -0.2) is 40.6 Å². The van der Waals surface area contributed by atoms with Crippen molar-refractivity contribution in [2.45, 2.75) is 57.5 Å². The standard InChI is InChI=1S/C13H22N2O3/c1-2-10(12(16)17)14-13(18)15-8-4-6-9-5-3-7-11(9)15/h9-11H,2-8H2,1H3,(H,14,18)(H,16,17). The fourth-order valence-corrected chi connectivity index (χ4v) is 3.28. The van der Waals surface area contributed by atoms with E-state index in [4.69, 9.17) is 5.11 Å². The van der Waals surface area contributed by atoms with E-state index < -0.39 is 12.0 Å². The number of fused-ring (bicyclic) bond motifs is 1. The molecule has 5 nitrogen and oxygen atoms in total. The predicted molar refractivity (Wildman–Crippen MR) is 67.3 cm³/mol. The van der Waals surface area contributed by atoms with E-state index in [-0.39, 0.29) is 6.03 Å². The highest BCUT2D eigenvalue weighted by Gasteiger charge is 2.38. The lowest BCUT2D eigenvalue weighted by Gasteiger charge is -2.38. The maximum Gasteiger partial charge on any atom is 0.326 e. The Balaban J connectivity index is 1.97. The Hall–Kier alpha value is -1.26. The lowest BCUT2D eigenvalue weighted by molar-refractivity contribution is -0.139. The molecule has 1 heterocycles. The van der Waals surface area contributed by atoms with Crippen LogP contribution in [0.5, 0.6) is 0 Å². The van der Waals surface area contributed by atoms with Crippen LogP contribution in [0.1, 0.15) is 45.4 Å². The zero-order valence-electron chi connectivity index (χ0n) is 10.9. The van der Waals surface area contributed by atoms with Gasteiger partial charge in [-0.25, -0.2) is 9.59 Å². The molecule has 2 aliphatic rings. The number of hydrogen-bond donors (Lipinski definition) is 2. The topological polar surface area (TPSA) is 69.6 Å². The van der Waals surface area contributed by atoms with Gasteiger partial charge in [-0.2, -0.15) is 0 Å². The Morgan fingerprint density at radius 3 is 2.72 bits per heavy atom. The van der Waals surface area contributed by atoms with Crippen molar-refractivity contribution in [3.05, 3.63) is 0 Å². The Morgan fingerprint density at radius 2 is 2.06 bits per heavy atom. The van der Waals surface area contributed by atoms with Gasteiger partial charge in [0.15, 0.2) is 0 Å². The molecule has 5 heteroatoms. The number of aliphatic carboxylic acids is 1. The van der Waals surface area contributed by atoms with E-state index in [0.717, 1.165) is 19.4 Å². The minimum Gasteiger partial charge on any atom is -0.480 e. The molecule has 1 saturated carbocycles. The molecule has 1 aliphatic carbocycles. The summed E-state index contributed by atoms with van der Waals surface area (Å²) >= 11 is 0. The van der Waals surface area contributed by atoms with Gasteiger partial charge in [0, 0.05) is 12.6 Å². The number of amides is 2. The number of hydrogen-bond acceptors (Lipinski definition) is 2. The molecule has 2 rings (SSSR count). The molecule has 0 aromatic rings. The summed E-state index contributed by atoms with van der Waals surface area (Å²) in [6.45, 7) is 2.54. The van der Waals surface area contributed by atoms with Gasteiger partial charge in [-0.15, -0.1) is 0 Å². The smallest absolute Gasteiger partial charge is 0.326 e. The number of nitrogens with one attached hydrogen (secondary N) is 1. The third-order valence-corrected chi connectivity index (χ3v) is 4.26. The van der Waals surface area contributed by atoms with E-state index in [1.807, 2.05) is 4.90 Å². The van der Waals surface area contributed by atoms with Crippen molar-refractivity contribution in [3.63, 3.8) is 0 Å². The average Bonchev–Trinajstić information content (AvgIpc) is 2.82. The maximum atomic E-state index is 12.2. The first-order valence-electron chi connectivity index (χ1n) is 6.93. The van der Waals surface area contributed by atoms with Gasteiger partial charge in [-0.1, -0.05) is 13.3 Å². The molecule has 0 bridgehead atoms. The van der Waals surface area contributed by atoms with Gasteiger partial charge in [0.2, 0.25) is 0 Å². The number of carbonyl (C=O) groups excluding carboxylic acids is 1. The van der Waals surface area contributed by atoms with Crippen molar-refractivity contribution in [1.82, 2.24) is 10.2 Å². The van der Waals surface area contributed by atoms with E-state index >= 15 is 0 Å². The number of nitrogens with zero attached hydrogens (tertiary/aromatic N) is 1. The molecule has 102 valence electrons. The molecule has 18 heavy (non-hydrogen) atoms. The minimum absolute atomic E-state index is 0.194. The van der Waals surface area contributed by atoms with Crippen LogP contribution in [0.25, 0.3) is 0 Å². The molecular formula is C13H22N2O3. The molecule has 0 aromatic heterocycles. The number of carboxylic acid groups (broad SMARTS) is 1. The molecular weight excluding hydrogens is 232 g/mol. The Kier molecular flexibility index (Phi) is 4.09. The normalized spacial score (nSPS) is 28.6. The van der Waals surface area contributed by atoms with Gasteiger partial charge < -0.3 is 15.3 Å². The molecule has 2 amide bonds. The highest BCUT2D eigenvalue weighted by atomic mass is 16.4. The van der Waals surface area contributed by atoms with Crippen molar-refractivity contribution >= 4 is 12.0 Å². The van der Waals surface area contributed by atoms with Crippen molar-refractivity contribution < 1.29 is 14.7 Å². The second kappa shape index (κ2) is 5.59. The number of likely N-dealkylation sites (tertiary alicyclic amines) is 1. The van der Waals surface area contributed by atoms with Crippen LogP contribution in [0.2, 0.25) is 0 Å². The molecule has 0 spiro atoms. The zero-order valence-corrected chi connectivity index (χ0v) is 10.9. The van der Waals surface area contributed by atoms with Crippen LogP contribution >= 0.6 is 0 Å². The lowest BCUT2D eigenvalue weighted by atomic mass is 9.92. The summed E-state index contributed by atoms with van der Waals surface area (Å²) in [7, 11) is 0. The molecule has 3 atom stereocenters. The second-order valence-electron chi connectivity index (χ2n) is 5.34. The van der Waals surface area contributed by atoms with Gasteiger partial charge >= 0.3 is 12.0 Å². The largest absolute Gasteiger partial charge is 0.480 e. The maximum absolute atomic E-state index is 12.2. The van der Waals surface area contributed by atoms with Crippen LogP contribution < -0.4 is 5.32 Å². The molecule has 2 fully saturated rings. The van der Waals surface area contributed by atoms with E-state index in [1.54, 1.807) is 6.92 Å². The van der Waals surface area contributed by atoms with Crippen LogP contribution in [0.3, 0.4) is 0 Å². The number of carboxylic acids is 1. The van der Waals surface area contributed by atoms with Crippen molar-refractivity contribution in [2.75, 3.05) is 6.54 Å². The third kappa shape index (κ3) is 2.60. The van der Waals surface area contributed by atoms with E-state index in [1.165, 1.54) is 19.3 Å². The molecule has 1 saturated heterocycles. The summed E-state index contributed by atoms with van der Waals surface area (Å²) in [6.07, 6.45) is 6.15. The summed E-state index contributed by atoms with van der Waals surface area (Å²) in [5.41, 5.74) is 0. The summed E-state index contributed by atoms with van der Waals surface area (Å²) in [6, 6.07) is -0.620. The highest BCUT2D eigenvalue weighted by molar-refractivity contribution is 5.82. The number of urea groups is 1. The predicted octanol–water partition coefficient (Wildman–Crippen LogP) is 1.82. The minimum atomic E-state index is -0.953. The Bertz CT molecular complexity index is 332. The van der Waals surface area contributed by atoms with Gasteiger partial charge in [-0.3, -0.25) is 0 Å². The first-order chi connectivity index (χ1) is 8.63. The van der Waals surface area contributed by atoms with Crippen LogP contribution in [0.15, 0.2) is 0 Å². The Labute approximate surface area is 108 Å². The molecule has 3 unspecified atom stereocenters. The fraction of sp³-hybridized carbons (Fsp3) is 0.846. The van der Waals surface area contributed by atoms with E-state index in [9.17, 15) is 9.59 Å². The molecule has 1 aliphatic heterocycles. The molecule has 0 aromatic carbocycles. The lowest BCUT2D eigenvalue weighted by Crippen LogP contribution is -2.54. The Morgan fingerprint density at radius 1 is 1.33 bits per heavy atom. The SMILES string of the molecule is CCC(NC(=O)N1CCCC2CCCC21)C(=O)O. The second-order valence-corrected chi connectivity index (χ2v) is 5.34. The highest BCUT2D eigenvalue weighted by Crippen LogP contribution is 2.36. The number of piperidine rings is 1. The van der Waals surface area contributed by atoms with Crippen LogP contribution in [0.4, 0.5) is 4.79 Å². The first kappa shape index (κ1) is 13.2. The van der Waals surface area contributed by atoms with Crippen molar-refractivity contribution in [1.29, 1.82) is 0 Å². The summed E-state index contributed by atoms with van der Waals surface area (Å²) < 4.78 is 0. The molecule has 2 N–H and O–H groups in total. The van der Waals surface area contributed by atoms with E-state index in [0.29, 0.717) is 18.4 Å². The zero-order chi connectivity index (χ0) is 13.1. The van der Waals surface area contributed by atoms with E-state index in [2.05, 4.69) is 5.32 Å². The average molecular weight is 254 g/mol. The van der Waals surface area contributed by atoms with Gasteiger partial charge in [-0.05, 0) is 38.0 Å². The van der Waals surface area contributed by atoms with Crippen molar-refractivity contribution in [3.8, 4) is 0 Å². The first-order valence-corrected chi connectivity index (χ1v) is 6.93. The van der Waals surface area contributed by atoms with Gasteiger partial charge in [0.1, 0.15) is 6.04 Å². The summed E-state index contributed by atoms with van der Waals surface area (Å²) in [4.78, 5) is 25.0. The monoisotopic (exact) mass is 254 g/mol. The molecule has 0 radical (unpaired) electrons. The van der Waals surface area contributed by atoms with Gasteiger partial charge in [0.05, 0.1) is 0 Å². The van der Waals surface area contributed by atoms with Crippen LogP contribution in [0, 0.1) is 5.92 Å². The summed E-state index contributed by atoms with van der Waals surface area (Å²) in [5, 5.41) is 11.6. The number of rotatable bonds is 3. The van der Waals surface area contributed by atoms with Crippen LogP contribution in [-0.2, 0) is 4.79 Å². The third-order valence-electron chi connectivity index (χ3n) is 4.26. The number of carbonyl (C=O) groups is 2. The van der Waals surface area contributed by atoms with Crippen molar-refractivity contribution in [2.24, 2.45) is 5.92 Å².